The van der Waals surface area contributed by atoms with Crippen LogP contribution in [0.5, 0.6) is 5.88 Å². The third kappa shape index (κ3) is 3.86. The van der Waals surface area contributed by atoms with Crippen LogP contribution >= 0.6 is 11.3 Å². The number of ether oxygens (including phenoxy) is 1. The van der Waals surface area contributed by atoms with Gasteiger partial charge in [0.25, 0.3) is 0 Å². The van der Waals surface area contributed by atoms with Gasteiger partial charge in [0.15, 0.2) is 0 Å². The molecule has 0 atom stereocenters. The van der Waals surface area contributed by atoms with Gasteiger partial charge in [-0.1, -0.05) is 6.07 Å². The van der Waals surface area contributed by atoms with E-state index in [0.29, 0.717) is 6.54 Å². The number of alkyl halides is 3. The number of nitrogens with zero attached hydrogens (tertiary/aromatic N) is 1. The number of nitrogens with one attached hydrogen (secondary N) is 1. The number of hydrogen-bond donors (Lipinski definition) is 1. The number of anilines is 1. The minimum Gasteiger partial charge on any atom is -0.472 e. The van der Waals surface area contributed by atoms with E-state index in [-0.39, 0.29) is 18.3 Å². The number of pyridine rings is 1. The highest BCUT2D eigenvalue weighted by Gasteiger charge is 2.32. The highest BCUT2D eigenvalue weighted by atomic mass is 32.1. The summed E-state index contributed by atoms with van der Waals surface area (Å²) < 4.78 is 43.7. The summed E-state index contributed by atoms with van der Waals surface area (Å²) in [6, 6.07) is 5.59. The highest BCUT2D eigenvalue weighted by molar-refractivity contribution is 7.09. The summed E-state index contributed by atoms with van der Waals surface area (Å²) in [6.45, 7) is 2.48. The molecular weight excluding hydrogens is 289 g/mol. The van der Waals surface area contributed by atoms with E-state index < -0.39 is 11.7 Å². The van der Waals surface area contributed by atoms with Crippen molar-refractivity contribution < 1.29 is 17.9 Å². The van der Waals surface area contributed by atoms with Gasteiger partial charge in [0, 0.05) is 17.5 Å². The Labute approximate surface area is 118 Å². The van der Waals surface area contributed by atoms with Crippen LogP contribution < -0.4 is 10.1 Å². The normalized spacial score (nSPS) is 11.4. The van der Waals surface area contributed by atoms with Crippen molar-refractivity contribution in [3.05, 3.63) is 40.1 Å². The van der Waals surface area contributed by atoms with Crippen molar-refractivity contribution in [2.24, 2.45) is 0 Å². The van der Waals surface area contributed by atoms with Crippen LogP contribution in [0.25, 0.3) is 0 Å². The summed E-state index contributed by atoms with van der Waals surface area (Å²) >= 11 is 1.48. The summed E-state index contributed by atoms with van der Waals surface area (Å²) in [7, 11) is 0. The molecule has 0 bridgehead atoms. The number of hydrogen-bond acceptors (Lipinski definition) is 4. The van der Waals surface area contributed by atoms with Crippen LogP contribution in [0.3, 0.4) is 0 Å². The molecule has 0 aliphatic heterocycles. The fraction of sp³-hybridized carbons (Fsp3) is 0.308. The van der Waals surface area contributed by atoms with E-state index in [4.69, 9.17) is 4.74 Å². The van der Waals surface area contributed by atoms with E-state index in [9.17, 15) is 13.2 Å². The molecule has 2 rings (SSSR count). The first-order valence-electron chi connectivity index (χ1n) is 5.97. The van der Waals surface area contributed by atoms with Crippen LogP contribution in [0.15, 0.2) is 29.6 Å². The van der Waals surface area contributed by atoms with Crippen LogP contribution in [0.1, 0.15) is 17.4 Å². The first-order chi connectivity index (χ1) is 9.49. The molecule has 108 valence electrons. The Kier molecular flexibility index (Phi) is 4.49. The second kappa shape index (κ2) is 6.13. The summed E-state index contributed by atoms with van der Waals surface area (Å²) in [5, 5.41) is 4.64. The zero-order valence-corrected chi connectivity index (χ0v) is 11.5. The largest absolute Gasteiger partial charge is 0.472 e. The highest BCUT2D eigenvalue weighted by Crippen LogP contribution is 2.32. The fourth-order valence-electron chi connectivity index (χ4n) is 1.55. The Balaban J connectivity index is 2.20. The lowest BCUT2D eigenvalue weighted by molar-refractivity contribution is -0.137. The Morgan fingerprint density at radius 2 is 2.15 bits per heavy atom. The molecule has 0 spiro atoms. The SMILES string of the molecule is CCNc1cc(C(F)(F)F)cc(OCc2cccs2)n1. The fourth-order valence-corrected chi connectivity index (χ4v) is 2.17. The van der Waals surface area contributed by atoms with Crippen LogP contribution in [0.2, 0.25) is 0 Å². The van der Waals surface area contributed by atoms with Gasteiger partial charge >= 0.3 is 6.18 Å². The average Bonchev–Trinajstić information content (AvgIpc) is 2.88. The van der Waals surface area contributed by atoms with Crippen molar-refractivity contribution in [2.75, 3.05) is 11.9 Å². The molecule has 20 heavy (non-hydrogen) atoms. The molecule has 0 saturated heterocycles. The lowest BCUT2D eigenvalue weighted by atomic mass is 10.2. The molecule has 0 unspecified atom stereocenters. The molecule has 3 nitrogen and oxygen atoms in total. The van der Waals surface area contributed by atoms with Gasteiger partial charge in [-0.05, 0) is 24.4 Å². The van der Waals surface area contributed by atoms with Gasteiger partial charge in [-0.3, -0.25) is 0 Å². The Morgan fingerprint density at radius 3 is 2.75 bits per heavy atom. The van der Waals surface area contributed by atoms with E-state index in [0.717, 1.165) is 17.0 Å². The lowest BCUT2D eigenvalue weighted by Crippen LogP contribution is -2.09. The molecule has 0 amide bonds. The van der Waals surface area contributed by atoms with Gasteiger partial charge < -0.3 is 10.1 Å². The standard InChI is InChI=1S/C13H13F3N2OS/c1-2-17-11-6-9(13(14,15)16)7-12(18-11)19-8-10-4-3-5-20-10/h3-7H,2,8H2,1H3,(H,17,18). The predicted molar refractivity (Wildman–Crippen MR) is 72.1 cm³/mol. The van der Waals surface area contributed by atoms with Gasteiger partial charge in [-0.25, -0.2) is 0 Å². The predicted octanol–water partition coefficient (Wildman–Crippen LogP) is 4.17. The van der Waals surface area contributed by atoms with Crippen LogP contribution in [-0.2, 0) is 12.8 Å². The Hall–Kier alpha value is -1.76. The summed E-state index contributed by atoms with van der Waals surface area (Å²) in [5.41, 5.74) is -0.773. The molecule has 7 heteroatoms. The monoisotopic (exact) mass is 302 g/mol. The zero-order chi connectivity index (χ0) is 14.6. The third-order valence-corrected chi connectivity index (χ3v) is 3.28. The molecule has 0 aliphatic carbocycles. The number of thiophene rings is 1. The number of rotatable bonds is 5. The smallest absolute Gasteiger partial charge is 0.416 e. The first-order valence-corrected chi connectivity index (χ1v) is 6.85. The van der Waals surface area contributed by atoms with Gasteiger partial charge in [0.2, 0.25) is 5.88 Å². The zero-order valence-electron chi connectivity index (χ0n) is 10.7. The van der Waals surface area contributed by atoms with Crippen molar-refractivity contribution in [3.63, 3.8) is 0 Å². The quantitative estimate of drug-likeness (QED) is 0.900. The second-order valence-corrected chi connectivity index (χ2v) is 5.01. The maximum Gasteiger partial charge on any atom is 0.416 e. The second-order valence-electron chi connectivity index (χ2n) is 3.98. The van der Waals surface area contributed by atoms with Crippen molar-refractivity contribution in [2.45, 2.75) is 19.7 Å². The van der Waals surface area contributed by atoms with E-state index in [1.807, 2.05) is 17.5 Å². The van der Waals surface area contributed by atoms with Crippen LogP contribution in [-0.4, -0.2) is 11.5 Å². The average molecular weight is 302 g/mol. The van der Waals surface area contributed by atoms with E-state index >= 15 is 0 Å². The number of halogens is 3. The Morgan fingerprint density at radius 1 is 1.35 bits per heavy atom. The van der Waals surface area contributed by atoms with Crippen molar-refractivity contribution in [1.82, 2.24) is 4.98 Å². The summed E-state index contributed by atoms with van der Waals surface area (Å²) in [5.74, 6) is 0.118. The molecule has 2 aromatic rings. The molecule has 2 aromatic heterocycles. The third-order valence-electron chi connectivity index (χ3n) is 2.43. The van der Waals surface area contributed by atoms with Crippen molar-refractivity contribution in [1.29, 1.82) is 0 Å². The van der Waals surface area contributed by atoms with E-state index in [2.05, 4.69) is 10.3 Å². The van der Waals surface area contributed by atoms with E-state index in [1.165, 1.54) is 11.3 Å². The summed E-state index contributed by atoms with van der Waals surface area (Å²) in [4.78, 5) is 4.93. The van der Waals surface area contributed by atoms with Gasteiger partial charge in [0.05, 0.1) is 5.56 Å². The molecular formula is C13H13F3N2OS. The molecule has 0 saturated carbocycles. The van der Waals surface area contributed by atoms with Gasteiger partial charge in [0.1, 0.15) is 12.4 Å². The molecule has 0 aromatic carbocycles. The van der Waals surface area contributed by atoms with Crippen molar-refractivity contribution >= 4 is 17.2 Å². The van der Waals surface area contributed by atoms with Crippen LogP contribution in [0, 0.1) is 0 Å². The molecule has 1 N–H and O–H groups in total. The molecule has 0 fully saturated rings. The molecule has 2 heterocycles. The van der Waals surface area contributed by atoms with E-state index in [1.54, 1.807) is 6.92 Å². The minimum absolute atomic E-state index is 0.0378. The maximum absolute atomic E-state index is 12.8. The van der Waals surface area contributed by atoms with Gasteiger partial charge in [-0.15, -0.1) is 11.3 Å². The first kappa shape index (κ1) is 14.6. The lowest BCUT2D eigenvalue weighted by Gasteiger charge is -2.12. The van der Waals surface area contributed by atoms with Crippen LogP contribution in [0.4, 0.5) is 19.0 Å². The molecule has 0 aliphatic rings. The minimum atomic E-state index is -4.42. The van der Waals surface area contributed by atoms with Gasteiger partial charge in [-0.2, -0.15) is 18.2 Å². The maximum atomic E-state index is 12.8. The van der Waals surface area contributed by atoms with Crippen molar-refractivity contribution in [3.8, 4) is 5.88 Å². The topological polar surface area (TPSA) is 34.1 Å². The summed E-state index contributed by atoms with van der Waals surface area (Å²) in [6.07, 6.45) is -4.42. The molecule has 0 radical (unpaired) electrons. The Bertz CT molecular complexity index is 555. The number of aromatic nitrogens is 1.